The minimum atomic E-state index is -4.52. The molecule has 31 heavy (non-hydrogen) atoms. The molecular weight excluding hydrogens is 448 g/mol. The van der Waals surface area contributed by atoms with Crippen LogP contribution in [0.25, 0.3) is 22.3 Å². The van der Waals surface area contributed by atoms with E-state index >= 15 is 0 Å². The van der Waals surface area contributed by atoms with Crippen molar-refractivity contribution < 1.29 is 18.3 Å². The maximum Gasteiger partial charge on any atom is 0.433 e. The summed E-state index contributed by atoms with van der Waals surface area (Å²) in [6.45, 7) is 6.41. The number of nitrogens with one attached hydrogen (secondary N) is 1. The van der Waals surface area contributed by atoms with Crippen LogP contribution in [0.1, 0.15) is 32.0 Å². The molecule has 8 heteroatoms. The summed E-state index contributed by atoms with van der Waals surface area (Å²) in [6.07, 6.45) is -3.39. The van der Waals surface area contributed by atoms with Gasteiger partial charge in [-0.15, -0.1) is 12.4 Å². The summed E-state index contributed by atoms with van der Waals surface area (Å²) in [5.41, 5.74) is 1.96. The summed E-state index contributed by atoms with van der Waals surface area (Å²) in [6, 6.07) is 13.1. The first-order valence-electron chi connectivity index (χ1n) is 9.34. The van der Waals surface area contributed by atoms with E-state index < -0.39 is 11.9 Å². The highest BCUT2D eigenvalue weighted by Gasteiger charge is 2.32. The smallest absolute Gasteiger partial charge is 0.433 e. The van der Waals surface area contributed by atoms with Crippen LogP contribution in [0.4, 0.5) is 13.2 Å². The molecule has 0 fully saturated rings. The fourth-order valence-electron chi connectivity index (χ4n) is 2.94. The molecule has 3 rings (SSSR count). The van der Waals surface area contributed by atoms with E-state index in [1.807, 2.05) is 39.0 Å². The number of benzene rings is 2. The number of phenols is 1. The normalized spacial score (nSPS) is 11.8. The quantitative estimate of drug-likeness (QED) is 0.427. The van der Waals surface area contributed by atoms with Crippen LogP contribution >= 0.6 is 24.0 Å². The minimum absolute atomic E-state index is 0. The van der Waals surface area contributed by atoms with Crippen LogP contribution in [-0.2, 0) is 12.7 Å². The van der Waals surface area contributed by atoms with E-state index in [1.165, 1.54) is 6.07 Å². The molecule has 0 aliphatic carbocycles. The van der Waals surface area contributed by atoms with Gasteiger partial charge in [0.2, 0.25) is 0 Å². The summed E-state index contributed by atoms with van der Waals surface area (Å²) in [7, 11) is 0. The van der Waals surface area contributed by atoms with Crippen molar-refractivity contribution in [2.24, 2.45) is 0 Å². The molecule has 1 aromatic heterocycles. The summed E-state index contributed by atoms with van der Waals surface area (Å²) in [4.78, 5) is 3.53. The molecule has 1 heterocycles. The van der Waals surface area contributed by atoms with E-state index in [-0.39, 0.29) is 23.7 Å². The van der Waals surface area contributed by atoms with Crippen molar-refractivity contribution in [3.63, 3.8) is 0 Å². The molecule has 0 bridgehead atoms. The van der Waals surface area contributed by atoms with E-state index in [2.05, 4.69) is 10.3 Å². The lowest BCUT2D eigenvalue weighted by molar-refractivity contribution is -0.141. The first-order valence-corrected chi connectivity index (χ1v) is 9.72. The van der Waals surface area contributed by atoms with Crippen LogP contribution < -0.4 is 5.32 Å². The number of aromatic hydroxyl groups is 1. The zero-order chi connectivity index (χ0) is 22.1. The molecule has 166 valence electrons. The molecule has 0 spiro atoms. The highest BCUT2D eigenvalue weighted by molar-refractivity contribution is 6.30. The summed E-state index contributed by atoms with van der Waals surface area (Å²) < 4.78 is 38.6. The Bertz CT molecular complexity index is 1030. The molecule has 2 N–H and O–H groups in total. The Kier molecular flexibility index (Phi) is 7.63. The number of aromatic nitrogens is 1. The first kappa shape index (κ1) is 25.0. The van der Waals surface area contributed by atoms with E-state index in [0.717, 1.165) is 23.4 Å². The molecule has 0 saturated carbocycles. The SMILES string of the molecule is CC(C)(C)NCc1cc(-c2ccc(Cl)cc2)cc(-c2ccc(C(F)(F)F)nc2)c1O.Cl. The Morgan fingerprint density at radius 2 is 1.55 bits per heavy atom. The van der Waals surface area contributed by atoms with Gasteiger partial charge in [0.15, 0.2) is 0 Å². The van der Waals surface area contributed by atoms with E-state index in [9.17, 15) is 18.3 Å². The molecule has 0 unspecified atom stereocenters. The number of hydrogen-bond donors (Lipinski definition) is 2. The average Bonchev–Trinajstić information content (AvgIpc) is 2.67. The molecule has 0 aliphatic heterocycles. The molecule has 2 aromatic carbocycles. The standard InChI is InChI=1S/C23H22ClF3N2O.ClH/c1-22(2,3)29-13-17-10-16(14-4-7-18(24)8-5-14)11-19(21(17)30)15-6-9-20(28-12-15)23(25,26)27;/h4-12,29-30H,13H2,1-3H3;1H. The van der Waals surface area contributed by atoms with Crippen molar-refractivity contribution in [1.82, 2.24) is 10.3 Å². The Hall–Kier alpha value is -2.28. The highest BCUT2D eigenvalue weighted by atomic mass is 35.5. The second-order valence-corrected chi connectivity index (χ2v) is 8.51. The number of rotatable bonds is 4. The molecule has 0 amide bonds. The average molecular weight is 471 g/mol. The molecule has 3 nitrogen and oxygen atoms in total. The lowest BCUT2D eigenvalue weighted by Gasteiger charge is -2.22. The zero-order valence-corrected chi connectivity index (χ0v) is 18.8. The topological polar surface area (TPSA) is 45.2 Å². The summed E-state index contributed by atoms with van der Waals surface area (Å²) in [5, 5.41) is 14.8. The van der Waals surface area contributed by atoms with Gasteiger partial charge in [-0.1, -0.05) is 29.8 Å². The van der Waals surface area contributed by atoms with Gasteiger partial charge in [-0.25, -0.2) is 0 Å². The molecule has 0 radical (unpaired) electrons. The second-order valence-electron chi connectivity index (χ2n) is 8.07. The maximum atomic E-state index is 12.9. The van der Waals surface area contributed by atoms with E-state index in [1.54, 1.807) is 18.2 Å². The fourth-order valence-corrected chi connectivity index (χ4v) is 3.07. The highest BCUT2D eigenvalue weighted by Crippen LogP contribution is 2.38. The van der Waals surface area contributed by atoms with Crippen LogP contribution in [0, 0.1) is 0 Å². The molecular formula is C23H23Cl2F3N2O. The van der Waals surface area contributed by atoms with Crippen molar-refractivity contribution in [1.29, 1.82) is 0 Å². The number of nitrogens with zero attached hydrogens (tertiary/aromatic N) is 1. The van der Waals surface area contributed by atoms with E-state index in [0.29, 0.717) is 28.3 Å². The molecule has 0 aliphatic rings. The maximum absolute atomic E-state index is 12.9. The predicted molar refractivity (Wildman–Crippen MR) is 121 cm³/mol. The predicted octanol–water partition coefficient (Wildman–Crippen LogP) is 7.10. The fraction of sp³-hybridized carbons (Fsp3) is 0.261. The van der Waals surface area contributed by atoms with Gasteiger partial charge < -0.3 is 10.4 Å². The first-order chi connectivity index (χ1) is 13.9. The van der Waals surface area contributed by atoms with Crippen molar-refractivity contribution in [3.05, 3.63) is 71.0 Å². The van der Waals surface area contributed by atoms with Crippen molar-refractivity contribution >= 4 is 24.0 Å². The third-order valence-corrected chi connectivity index (χ3v) is 4.79. The van der Waals surface area contributed by atoms with Gasteiger partial charge in [-0.05, 0) is 62.2 Å². The molecule has 0 saturated heterocycles. The summed E-state index contributed by atoms with van der Waals surface area (Å²) >= 11 is 5.98. The van der Waals surface area contributed by atoms with Gasteiger partial charge in [-0.2, -0.15) is 13.2 Å². The number of hydrogen-bond acceptors (Lipinski definition) is 3. The third-order valence-electron chi connectivity index (χ3n) is 4.54. The zero-order valence-electron chi connectivity index (χ0n) is 17.2. The van der Waals surface area contributed by atoms with Crippen LogP contribution in [0.3, 0.4) is 0 Å². The number of phenolic OH excluding ortho intramolecular Hbond substituents is 1. The van der Waals surface area contributed by atoms with E-state index in [4.69, 9.17) is 11.6 Å². The Morgan fingerprint density at radius 1 is 0.935 bits per heavy atom. The van der Waals surface area contributed by atoms with Gasteiger partial charge in [0.25, 0.3) is 0 Å². The largest absolute Gasteiger partial charge is 0.507 e. The summed E-state index contributed by atoms with van der Waals surface area (Å²) in [5.74, 6) is 0.00558. The van der Waals surface area contributed by atoms with Crippen molar-refractivity contribution in [2.45, 2.75) is 39.0 Å². The van der Waals surface area contributed by atoms with Gasteiger partial charge in [0.1, 0.15) is 11.4 Å². The van der Waals surface area contributed by atoms with Crippen LogP contribution in [0.15, 0.2) is 54.7 Å². The van der Waals surface area contributed by atoms with Crippen LogP contribution in [0.5, 0.6) is 5.75 Å². The molecule has 3 aromatic rings. The number of pyridine rings is 1. The van der Waals surface area contributed by atoms with Crippen molar-refractivity contribution in [3.8, 4) is 28.0 Å². The lowest BCUT2D eigenvalue weighted by Crippen LogP contribution is -2.35. The van der Waals surface area contributed by atoms with Gasteiger partial charge in [0.05, 0.1) is 0 Å². The minimum Gasteiger partial charge on any atom is -0.507 e. The monoisotopic (exact) mass is 470 g/mol. The Labute approximate surface area is 190 Å². The van der Waals surface area contributed by atoms with Crippen LogP contribution in [-0.4, -0.2) is 15.6 Å². The third kappa shape index (κ3) is 6.35. The van der Waals surface area contributed by atoms with Gasteiger partial charge >= 0.3 is 6.18 Å². The lowest BCUT2D eigenvalue weighted by atomic mass is 9.95. The number of alkyl halides is 3. The van der Waals surface area contributed by atoms with Crippen molar-refractivity contribution in [2.75, 3.05) is 0 Å². The molecule has 0 atom stereocenters. The number of halogens is 5. The van der Waals surface area contributed by atoms with Gasteiger partial charge in [0, 0.05) is 40.0 Å². The Balaban J connectivity index is 0.00000341. The van der Waals surface area contributed by atoms with Gasteiger partial charge in [-0.3, -0.25) is 4.98 Å². The van der Waals surface area contributed by atoms with Crippen LogP contribution in [0.2, 0.25) is 5.02 Å². The Morgan fingerprint density at radius 3 is 2.06 bits per heavy atom. The second kappa shape index (κ2) is 9.47.